The Morgan fingerprint density at radius 2 is 0.885 bits per heavy atom. The normalized spacial score (nSPS) is 11.6. The molecule has 0 spiro atoms. The van der Waals surface area contributed by atoms with E-state index in [1.165, 1.54) is 77.0 Å². The SMILES string of the molecule is CCCCCCCCCCC(CCCCCCCCCC)(CN=O)N=O. The number of hydrogen-bond acceptors (Lipinski definition) is 4. The zero-order valence-corrected chi connectivity index (χ0v) is 17.6. The third kappa shape index (κ3) is 14.4. The Balaban J connectivity index is 3.89. The van der Waals surface area contributed by atoms with Crippen LogP contribution in [-0.2, 0) is 0 Å². The minimum Gasteiger partial charge on any atom is -0.151 e. The molecule has 154 valence electrons. The average molecular weight is 369 g/mol. The van der Waals surface area contributed by atoms with Gasteiger partial charge in [0.15, 0.2) is 0 Å². The Kier molecular flexibility index (Phi) is 18.4. The Labute approximate surface area is 162 Å². The Bertz CT molecular complexity index is 301. The second kappa shape index (κ2) is 19.0. The van der Waals surface area contributed by atoms with Crippen LogP contribution in [-0.4, -0.2) is 12.1 Å². The lowest BCUT2D eigenvalue weighted by atomic mass is 9.87. The lowest BCUT2D eigenvalue weighted by Gasteiger charge is -2.23. The highest BCUT2D eigenvalue weighted by Gasteiger charge is 2.31. The maximum Gasteiger partial charge on any atom is 0.125 e. The third-order valence-corrected chi connectivity index (χ3v) is 5.54. The van der Waals surface area contributed by atoms with Gasteiger partial charge in [-0.2, -0.15) is 9.81 Å². The van der Waals surface area contributed by atoms with Crippen LogP contribution in [0, 0.1) is 9.81 Å². The van der Waals surface area contributed by atoms with Gasteiger partial charge in [-0.25, -0.2) is 0 Å². The summed E-state index contributed by atoms with van der Waals surface area (Å²) in [7, 11) is 0. The zero-order valence-electron chi connectivity index (χ0n) is 17.6. The first kappa shape index (κ1) is 25.2. The van der Waals surface area contributed by atoms with Crippen LogP contribution in [0.2, 0.25) is 0 Å². The molecule has 0 aliphatic carbocycles. The van der Waals surface area contributed by atoms with Crippen molar-refractivity contribution >= 4 is 0 Å². The van der Waals surface area contributed by atoms with Crippen LogP contribution in [0.5, 0.6) is 0 Å². The molecule has 0 amide bonds. The molecule has 0 saturated heterocycles. The van der Waals surface area contributed by atoms with Gasteiger partial charge in [0.1, 0.15) is 12.1 Å². The topological polar surface area (TPSA) is 58.9 Å². The summed E-state index contributed by atoms with van der Waals surface area (Å²) in [4.78, 5) is 22.2. The molecule has 0 aromatic rings. The molecule has 0 unspecified atom stereocenters. The van der Waals surface area contributed by atoms with Crippen LogP contribution in [0.15, 0.2) is 10.4 Å². The second-order valence-electron chi connectivity index (χ2n) is 8.05. The smallest absolute Gasteiger partial charge is 0.125 e. The minimum atomic E-state index is -0.730. The highest BCUT2D eigenvalue weighted by atomic mass is 16.3. The molecule has 0 fully saturated rings. The first-order valence-corrected chi connectivity index (χ1v) is 11.4. The quantitative estimate of drug-likeness (QED) is 0.151. The molecule has 4 heteroatoms. The molecular formula is C22H44N2O2. The summed E-state index contributed by atoms with van der Waals surface area (Å²) in [6.45, 7) is 4.53. The average Bonchev–Trinajstić information content (AvgIpc) is 2.66. The molecule has 0 N–H and O–H groups in total. The maximum absolute atomic E-state index is 11.4. The van der Waals surface area contributed by atoms with Crippen molar-refractivity contribution in [1.29, 1.82) is 0 Å². The third-order valence-electron chi connectivity index (χ3n) is 5.54. The first-order chi connectivity index (χ1) is 12.7. The Morgan fingerprint density at radius 1 is 0.538 bits per heavy atom. The molecule has 0 aliphatic heterocycles. The number of nitroso groups, excluding NO2 is 2. The summed E-state index contributed by atoms with van der Waals surface area (Å²) < 4.78 is 0. The molecule has 0 aliphatic rings. The molecule has 26 heavy (non-hydrogen) atoms. The minimum absolute atomic E-state index is 0.0590. The van der Waals surface area contributed by atoms with Gasteiger partial charge in [-0.3, -0.25) is 0 Å². The Hall–Kier alpha value is -0.800. The van der Waals surface area contributed by atoms with Crippen molar-refractivity contribution in [2.24, 2.45) is 10.4 Å². The van der Waals surface area contributed by atoms with Gasteiger partial charge in [0.05, 0.1) is 0 Å². The van der Waals surface area contributed by atoms with E-state index in [1.807, 2.05) is 0 Å². The summed E-state index contributed by atoms with van der Waals surface area (Å²) in [6.07, 6.45) is 21.3. The van der Waals surface area contributed by atoms with E-state index in [4.69, 9.17) is 0 Å². The Morgan fingerprint density at radius 3 is 1.19 bits per heavy atom. The first-order valence-electron chi connectivity index (χ1n) is 11.4. The highest BCUT2D eigenvalue weighted by molar-refractivity contribution is 4.89. The van der Waals surface area contributed by atoms with E-state index in [2.05, 4.69) is 24.2 Å². The summed E-state index contributed by atoms with van der Waals surface area (Å²) >= 11 is 0. The fraction of sp³-hybridized carbons (Fsp3) is 1.00. The van der Waals surface area contributed by atoms with Crippen LogP contribution in [0.3, 0.4) is 0 Å². The predicted molar refractivity (Wildman–Crippen MR) is 114 cm³/mol. The summed E-state index contributed by atoms with van der Waals surface area (Å²) in [5.41, 5.74) is -0.730. The largest absolute Gasteiger partial charge is 0.151 e. The van der Waals surface area contributed by atoms with Crippen molar-refractivity contribution in [3.8, 4) is 0 Å². The molecule has 0 saturated carbocycles. The van der Waals surface area contributed by atoms with Gasteiger partial charge in [-0.05, 0) is 12.8 Å². The lowest BCUT2D eigenvalue weighted by Crippen LogP contribution is -2.29. The number of unbranched alkanes of at least 4 members (excludes halogenated alkanes) is 14. The van der Waals surface area contributed by atoms with E-state index in [-0.39, 0.29) is 6.54 Å². The zero-order chi connectivity index (χ0) is 19.3. The molecular weight excluding hydrogens is 324 g/mol. The summed E-state index contributed by atoms with van der Waals surface area (Å²) in [5, 5.41) is 6.42. The van der Waals surface area contributed by atoms with Gasteiger partial charge >= 0.3 is 0 Å². The van der Waals surface area contributed by atoms with Crippen molar-refractivity contribution in [1.82, 2.24) is 0 Å². The van der Waals surface area contributed by atoms with Crippen LogP contribution in [0.4, 0.5) is 0 Å². The summed E-state index contributed by atoms with van der Waals surface area (Å²) in [5.74, 6) is 0. The molecule has 0 heterocycles. The van der Waals surface area contributed by atoms with Gasteiger partial charge in [-0.15, -0.1) is 0 Å². The molecule has 0 atom stereocenters. The van der Waals surface area contributed by atoms with Crippen molar-refractivity contribution in [2.45, 2.75) is 135 Å². The predicted octanol–water partition coefficient (Wildman–Crippen LogP) is 8.32. The van der Waals surface area contributed by atoms with E-state index < -0.39 is 5.54 Å². The van der Waals surface area contributed by atoms with Gasteiger partial charge in [-0.1, -0.05) is 127 Å². The van der Waals surface area contributed by atoms with Crippen LogP contribution < -0.4 is 0 Å². The fourth-order valence-electron chi connectivity index (χ4n) is 3.70. The number of nitrogens with zero attached hydrogens (tertiary/aromatic N) is 2. The standard InChI is InChI=1S/C22H44N2O2/c1-3-5-7-9-11-13-15-17-19-22(24-26,21-23-25)20-18-16-14-12-10-8-6-4-2/h3-21H2,1-2H3. The molecule has 0 aromatic heterocycles. The lowest BCUT2D eigenvalue weighted by molar-refractivity contribution is 0.342. The van der Waals surface area contributed by atoms with Gasteiger partial charge in [0.2, 0.25) is 0 Å². The van der Waals surface area contributed by atoms with Crippen molar-refractivity contribution in [3.63, 3.8) is 0 Å². The van der Waals surface area contributed by atoms with Crippen LogP contribution >= 0.6 is 0 Å². The number of rotatable bonds is 21. The van der Waals surface area contributed by atoms with Crippen molar-refractivity contribution in [3.05, 3.63) is 9.81 Å². The van der Waals surface area contributed by atoms with Crippen molar-refractivity contribution in [2.75, 3.05) is 6.54 Å². The molecule has 0 bridgehead atoms. The van der Waals surface area contributed by atoms with E-state index >= 15 is 0 Å². The van der Waals surface area contributed by atoms with Crippen LogP contribution in [0.1, 0.15) is 129 Å². The maximum atomic E-state index is 11.4. The molecule has 0 radical (unpaired) electrons. The van der Waals surface area contributed by atoms with Crippen molar-refractivity contribution < 1.29 is 0 Å². The fourth-order valence-corrected chi connectivity index (χ4v) is 3.70. The molecule has 0 aromatic carbocycles. The molecule has 0 rings (SSSR count). The molecule has 4 nitrogen and oxygen atoms in total. The van der Waals surface area contributed by atoms with E-state index in [0.717, 1.165) is 38.5 Å². The highest BCUT2D eigenvalue weighted by Crippen LogP contribution is 2.28. The monoisotopic (exact) mass is 368 g/mol. The van der Waals surface area contributed by atoms with Gasteiger partial charge < -0.3 is 0 Å². The van der Waals surface area contributed by atoms with E-state index in [9.17, 15) is 9.81 Å². The van der Waals surface area contributed by atoms with Gasteiger partial charge in [0, 0.05) is 0 Å². The van der Waals surface area contributed by atoms with Gasteiger partial charge in [0.25, 0.3) is 0 Å². The number of hydrogen-bond donors (Lipinski definition) is 0. The van der Waals surface area contributed by atoms with Crippen LogP contribution in [0.25, 0.3) is 0 Å². The second-order valence-corrected chi connectivity index (χ2v) is 8.05. The summed E-state index contributed by atoms with van der Waals surface area (Å²) in [6, 6.07) is 0. The van der Waals surface area contributed by atoms with E-state index in [1.54, 1.807) is 0 Å². The van der Waals surface area contributed by atoms with E-state index in [0.29, 0.717) is 0 Å².